The Morgan fingerprint density at radius 2 is 1.48 bits per heavy atom. The maximum Gasteiger partial charge on any atom is 0.321 e. The van der Waals surface area contributed by atoms with Crippen LogP contribution in [-0.4, -0.2) is 65.8 Å². The molecule has 1 aliphatic rings. The summed E-state index contributed by atoms with van der Waals surface area (Å²) in [5.74, 6) is -3.20. The van der Waals surface area contributed by atoms with Crippen LogP contribution >= 0.6 is 27.5 Å². The van der Waals surface area contributed by atoms with E-state index < -0.39 is 59.2 Å². The van der Waals surface area contributed by atoms with E-state index >= 15 is 0 Å². The minimum atomic E-state index is -1.21. The van der Waals surface area contributed by atoms with E-state index in [0.717, 1.165) is 13.8 Å². The molecule has 142 valence electrons. The Kier molecular flexibility index (Phi) is 8.60. The van der Waals surface area contributed by atoms with Crippen LogP contribution in [0.2, 0.25) is 0 Å². The molecule has 0 N–H and O–H groups in total. The Morgan fingerprint density at radius 1 is 0.920 bits per heavy atom. The molecule has 0 aliphatic carbocycles. The lowest BCUT2D eigenvalue weighted by Gasteiger charge is -2.42. The number of alkyl halides is 2. The average molecular weight is 446 g/mol. The van der Waals surface area contributed by atoms with Crippen LogP contribution in [-0.2, 0) is 42.9 Å². The highest BCUT2D eigenvalue weighted by atomic mass is 79.9. The maximum absolute atomic E-state index is 11.6. The van der Waals surface area contributed by atoms with Crippen LogP contribution < -0.4 is 0 Å². The highest BCUT2D eigenvalue weighted by molar-refractivity contribution is 9.09. The zero-order valence-corrected chi connectivity index (χ0v) is 16.1. The topological polar surface area (TPSA) is 114 Å². The van der Waals surface area contributed by atoms with Crippen LogP contribution in [0.25, 0.3) is 0 Å². The largest absolute Gasteiger partial charge is 0.463 e. The number of hydrogen-bond acceptors (Lipinski definition) is 9. The summed E-state index contributed by atoms with van der Waals surface area (Å²) in [4.78, 5) is 45.5. The van der Waals surface area contributed by atoms with E-state index in [2.05, 4.69) is 15.9 Å². The number of carbonyl (C=O) groups is 4. The first-order valence-electron chi connectivity index (χ1n) is 7.18. The highest BCUT2D eigenvalue weighted by Crippen LogP contribution is 2.31. The van der Waals surface area contributed by atoms with Crippen molar-refractivity contribution in [3.63, 3.8) is 0 Å². The first-order valence-corrected chi connectivity index (χ1v) is 8.63. The molecule has 25 heavy (non-hydrogen) atoms. The molecule has 0 saturated carbocycles. The van der Waals surface area contributed by atoms with Crippen molar-refractivity contribution < 1.29 is 42.9 Å². The normalized spacial score (nSPS) is 28.6. The van der Waals surface area contributed by atoms with Gasteiger partial charge in [0.25, 0.3) is 0 Å². The third-order valence-electron chi connectivity index (χ3n) is 3.01. The molecule has 5 atom stereocenters. The third-order valence-corrected chi connectivity index (χ3v) is 3.96. The molecule has 0 unspecified atom stereocenters. The second-order valence-corrected chi connectivity index (χ2v) is 6.23. The number of hydrogen-bond donors (Lipinski definition) is 0. The van der Waals surface area contributed by atoms with E-state index in [1.165, 1.54) is 6.92 Å². The minimum Gasteiger partial charge on any atom is -0.463 e. The average Bonchev–Trinajstić information content (AvgIpc) is 2.50. The molecule has 1 fully saturated rings. The summed E-state index contributed by atoms with van der Waals surface area (Å²) in [6.07, 6.45) is -4.46. The molecule has 1 saturated heterocycles. The van der Waals surface area contributed by atoms with Crippen LogP contribution in [0.5, 0.6) is 0 Å². The van der Waals surface area contributed by atoms with Crippen molar-refractivity contribution in [1.82, 2.24) is 0 Å². The molecule has 0 amide bonds. The van der Waals surface area contributed by atoms with Gasteiger partial charge in [-0.2, -0.15) is 0 Å². The fourth-order valence-corrected chi connectivity index (χ4v) is 2.92. The lowest BCUT2D eigenvalue weighted by molar-refractivity contribution is -0.236. The van der Waals surface area contributed by atoms with Gasteiger partial charge in [-0.1, -0.05) is 15.9 Å². The van der Waals surface area contributed by atoms with Gasteiger partial charge in [0.15, 0.2) is 23.3 Å². The van der Waals surface area contributed by atoms with E-state index in [1.807, 2.05) is 0 Å². The number of ether oxygens (including phenoxy) is 5. The number of rotatable bonds is 6. The van der Waals surface area contributed by atoms with Crippen molar-refractivity contribution in [3.8, 4) is 0 Å². The van der Waals surface area contributed by atoms with Gasteiger partial charge in [0.2, 0.25) is 0 Å². The smallest absolute Gasteiger partial charge is 0.321 e. The summed E-state index contributed by atoms with van der Waals surface area (Å²) in [6.45, 7) is 3.23. The van der Waals surface area contributed by atoms with E-state index in [0.29, 0.717) is 0 Å². The van der Waals surface area contributed by atoms with Crippen molar-refractivity contribution in [1.29, 1.82) is 0 Å². The molecule has 9 nitrogen and oxygen atoms in total. The van der Waals surface area contributed by atoms with E-state index in [4.69, 9.17) is 35.3 Å². The van der Waals surface area contributed by atoms with Gasteiger partial charge in [0.1, 0.15) is 18.6 Å². The summed E-state index contributed by atoms with van der Waals surface area (Å²) in [6, 6.07) is 0. The van der Waals surface area contributed by atoms with Crippen LogP contribution in [0.1, 0.15) is 20.8 Å². The number of halogens is 2. The van der Waals surface area contributed by atoms with Gasteiger partial charge >= 0.3 is 23.9 Å². The summed E-state index contributed by atoms with van der Waals surface area (Å²) in [5, 5.41) is -0.906. The van der Waals surface area contributed by atoms with Crippen molar-refractivity contribution in [2.45, 2.75) is 50.2 Å². The zero-order chi connectivity index (χ0) is 19.1. The van der Waals surface area contributed by atoms with E-state index in [-0.39, 0.29) is 6.61 Å². The first kappa shape index (κ1) is 21.7. The van der Waals surface area contributed by atoms with Crippen molar-refractivity contribution in [2.75, 3.05) is 12.5 Å². The Balaban J connectivity index is 3.13. The monoisotopic (exact) mass is 444 g/mol. The van der Waals surface area contributed by atoms with Gasteiger partial charge in [-0.3, -0.25) is 19.2 Å². The summed E-state index contributed by atoms with van der Waals surface area (Å²) in [7, 11) is 0. The fraction of sp³-hybridized carbons (Fsp3) is 0.714. The highest BCUT2D eigenvalue weighted by Gasteiger charge is 2.51. The molecule has 0 spiro atoms. The molecule has 1 heterocycles. The second-order valence-electron chi connectivity index (χ2n) is 5.06. The lowest BCUT2D eigenvalue weighted by atomic mass is 9.99. The molecule has 0 radical (unpaired) electrons. The van der Waals surface area contributed by atoms with Crippen molar-refractivity contribution >= 4 is 51.4 Å². The Morgan fingerprint density at radius 3 is 1.96 bits per heavy atom. The molecule has 0 aromatic carbocycles. The van der Waals surface area contributed by atoms with Crippen LogP contribution in [0.3, 0.4) is 0 Å². The summed E-state index contributed by atoms with van der Waals surface area (Å²) < 4.78 is 25.9. The number of esters is 4. The predicted octanol–water partition coefficient (Wildman–Crippen LogP) is 0.683. The molecular formula is C14H18BrClO9. The lowest BCUT2D eigenvalue weighted by Crippen LogP contribution is -2.61. The quantitative estimate of drug-likeness (QED) is 0.331. The van der Waals surface area contributed by atoms with Crippen molar-refractivity contribution in [3.05, 3.63) is 0 Å². The maximum atomic E-state index is 11.6. The molecule has 0 aromatic rings. The molecule has 0 aromatic heterocycles. The van der Waals surface area contributed by atoms with Gasteiger partial charge in [-0.25, -0.2) is 0 Å². The zero-order valence-electron chi connectivity index (χ0n) is 13.7. The van der Waals surface area contributed by atoms with E-state index in [9.17, 15) is 19.2 Å². The van der Waals surface area contributed by atoms with Crippen molar-refractivity contribution in [2.24, 2.45) is 0 Å². The summed E-state index contributed by atoms with van der Waals surface area (Å²) >= 11 is 8.62. The fourth-order valence-electron chi connectivity index (χ4n) is 2.17. The summed E-state index contributed by atoms with van der Waals surface area (Å²) in [5.41, 5.74) is 0. The SMILES string of the molecule is CC(=O)OC[C@H]1O[C@H](Br)[C@H](OC(C)=O)[C@@H](OC(=O)CCl)[C@H]1OC(C)=O. The van der Waals surface area contributed by atoms with Gasteiger partial charge < -0.3 is 23.7 Å². The van der Waals surface area contributed by atoms with Crippen LogP contribution in [0.4, 0.5) is 0 Å². The minimum absolute atomic E-state index is 0.267. The molecule has 11 heteroatoms. The Bertz CT molecular complexity index is 526. The predicted molar refractivity (Wildman–Crippen MR) is 85.9 cm³/mol. The van der Waals surface area contributed by atoms with Gasteiger partial charge in [-0.05, 0) is 0 Å². The van der Waals surface area contributed by atoms with Crippen LogP contribution in [0.15, 0.2) is 0 Å². The molecular weight excluding hydrogens is 428 g/mol. The van der Waals surface area contributed by atoms with E-state index in [1.54, 1.807) is 0 Å². The second kappa shape index (κ2) is 9.93. The van der Waals surface area contributed by atoms with Gasteiger partial charge in [-0.15, -0.1) is 11.6 Å². The molecule has 0 bridgehead atoms. The standard InChI is InChI=1S/C14H18BrClO9/c1-6(17)21-5-9-11(22-7(2)18)12(25-10(20)4-16)13(14(15)24-9)23-8(3)19/h9,11-14H,4-5H2,1-3H3/t9-,11+,12+,13-,14+/m1/s1. The first-order chi connectivity index (χ1) is 11.6. The molecule has 1 aliphatic heterocycles. The Hall–Kier alpha value is -1.39. The molecule has 1 rings (SSSR count). The third kappa shape index (κ3) is 6.79. The number of carbonyl (C=O) groups excluding carboxylic acids is 4. The van der Waals surface area contributed by atoms with Gasteiger partial charge in [0, 0.05) is 20.8 Å². The van der Waals surface area contributed by atoms with Gasteiger partial charge in [0.05, 0.1) is 0 Å². The Labute approximate surface area is 157 Å². The van der Waals surface area contributed by atoms with Crippen LogP contribution in [0, 0.1) is 0 Å².